The van der Waals surface area contributed by atoms with Gasteiger partial charge in [0.2, 0.25) is 0 Å². The third-order valence-electron chi connectivity index (χ3n) is 0.741. The third kappa shape index (κ3) is 1.45. The molecule has 5 heteroatoms. The Morgan fingerprint density at radius 3 is 2.44 bits per heavy atom. The lowest BCUT2D eigenvalue weighted by Gasteiger charge is -1.80. The molecule has 0 spiro atoms. The number of carbonyl (C=O) groups is 2. The van der Waals surface area contributed by atoms with E-state index in [1.54, 1.807) is 4.08 Å². The van der Waals surface area contributed by atoms with E-state index in [0.29, 0.717) is 4.91 Å². The summed E-state index contributed by atoms with van der Waals surface area (Å²) >= 11 is 2.85. The van der Waals surface area contributed by atoms with Crippen LogP contribution in [0.2, 0.25) is 0 Å². The quantitative estimate of drug-likeness (QED) is 0.523. The monoisotopic (exact) mass is 255 g/mol. The molecule has 0 unspecified atom stereocenters. The van der Waals surface area contributed by atoms with Gasteiger partial charge in [-0.15, -0.1) is 0 Å². The molecule has 1 aliphatic rings. The lowest BCUT2D eigenvalue weighted by molar-refractivity contribution is -0.115. The van der Waals surface area contributed by atoms with E-state index in [4.69, 9.17) is 0 Å². The maximum Gasteiger partial charge on any atom is 0.290 e. The summed E-state index contributed by atoms with van der Waals surface area (Å²) in [7, 11) is 0. The van der Waals surface area contributed by atoms with Gasteiger partial charge in [0, 0.05) is 0 Å². The Kier molecular flexibility index (Phi) is 2.12. The van der Waals surface area contributed by atoms with Gasteiger partial charge in [0.1, 0.15) is 0 Å². The zero-order chi connectivity index (χ0) is 6.85. The average Bonchev–Trinajstić information content (AvgIpc) is 2.10. The molecule has 1 aliphatic heterocycles. The summed E-state index contributed by atoms with van der Waals surface area (Å²) < 4.78 is 1.59. The van der Waals surface area contributed by atoms with Crippen LogP contribution < -0.4 is 5.32 Å². The highest BCUT2D eigenvalue weighted by atomic mass is 127. The second-order valence-electron chi connectivity index (χ2n) is 1.32. The normalized spacial score (nSPS) is 23.0. The van der Waals surface area contributed by atoms with Crippen LogP contribution in [0, 0.1) is 0 Å². The van der Waals surface area contributed by atoms with Crippen LogP contribution in [0.1, 0.15) is 0 Å². The van der Waals surface area contributed by atoms with Gasteiger partial charge in [0.25, 0.3) is 11.1 Å². The van der Waals surface area contributed by atoms with Crippen LogP contribution in [0.4, 0.5) is 4.79 Å². The number of amides is 2. The Bertz CT molecular complexity index is 201. The first kappa shape index (κ1) is 7.07. The van der Waals surface area contributed by atoms with E-state index in [1.807, 2.05) is 22.6 Å². The van der Waals surface area contributed by atoms with E-state index in [-0.39, 0.29) is 11.1 Å². The van der Waals surface area contributed by atoms with Gasteiger partial charge in [-0.25, -0.2) is 0 Å². The van der Waals surface area contributed by atoms with E-state index >= 15 is 0 Å². The molecule has 0 bridgehead atoms. The van der Waals surface area contributed by atoms with Crippen LogP contribution in [0.5, 0.6) is 0 Å². The van der Waals surface area contributed by atoms with E-state index < -0.39 is 0 Å². The number of halogens is 1. The molecule has 0 aromatic carbocycles. The maximum atomic E-state index is 10.6. The molecule has 0 saturated carbocycles. The molecule has 1 N–H and O–H groups in total. The molecule has 1 saturated heterocycles. The van der Waals surface area contributed by atoms with Gasteiger partial charge in [0.05, 0.1) is 4.91 Å². The van der Waals surface area contributed by atoms with Crippen LogP contribution in [0.15, 0.2) is 8.99 Å². The smallest absolute Gasteiger partial charge is 0.282 e. The van der Waals surface area contributed by atoms with Crippen LogP contribution in [0.25, 0.3) is 0 Å². The first-order chi connectivity index (χ1) is 4.24. The van der Waals surface area contributed by atoms with Crippen molar-refractivity contribution in [3.05, 3.63) is 8.99 Å². The zero-order valence-corrected chi connectivity index (χ0v) is 7.15. The lowest BCUT2D eigenvalue weighted by Crippen LogP contribution is -2.17. The fourth-order valence-corrected chi connectivity index (χ4v) is 1.59. The Hall–Kier alpha value is -0.0400. The van der Waals surface area contributed by atoms with Gasteiger partial charge >= 0.3 is 0 Å². The summed E-state index contributed by atoms with van der Waals surface area (Å²) in [6.45, 7) is 0. The molecule has 3 nitrogen and oxygen atoms in total. The van der Waals surface area contributed by atoms with Gasteiger partial charge in [-0.3, -0.25) is 14.9 Å². The fourth-order valence-electron chi connectivity index (χ4n) is 0.398. The minimum Gasteiger partial charge on any atom is -0.282 e. The topological polar surface area (TPSA) is 46.2 Å². The van der Waals surface area contributed by atoms with Crippen molar-refractivity contribution < 1.29 is 9.59 Å². The molecule has 48 valence electrons. The van der Waals surface area contributed by atoms with Crippen LogP contribution in [-0.2, 0) is 4.79 Å². The standard InChI is InChI=1S/C4H2INO2S/c5-1-2-3(7)6-4(8)9-2/h1H,(H,6,7,8)/b2-1+. The predicted octanol–water partition coefficient (Wildman–Crippen LogP) is 1.25. The van der Waals surface area contributed by atoms with Crippen LogP contribution >= 0.6 is 34.4 Å². The van der Waals surface area contributed by atoms with Crippen molar-refractivity contribution >= 4 is 45.5 Å². The summed E-state index contributed by atoms with van der Waals surface area (Å²) in [5, 5.41) is 1.84. The summed E-state index contributed by atoms with van der Waals surface area (Å²) in [4.78, 5) is 21.5. The van der Waals surface area contributed by atoms with Crippen molar-refractivity contribution in [2.45, 2.75) is 0 Å². The van der Waals surface area contributed by atoms with Crippen molar-refractivity contribution in [3.63, 3.8) is 0 Å². The molecule has 0 aliphatic carbocycles. The first-order valence-corrected chi connectivity index (χ1v) is 4.14. The fraction of sp³-hybridized carbons (Fsp3) is 0. The van der Waals surface area contributed by atoms with Gasteiger partial charge in [-0.1, -0.05) is 22.6 Å². The maximum absolute atomic E-state index is 10.6. The summed E-state index contributed by atoms with van der Waals surface area (Å²) in [6, 6.07) is 0. The summed E-state index contributed by atoms with van der Waals surface area (Å²) in [5.74, 6) is -0.292. The Labute approximate surface area is 69.4 Å². The van der Waals surface area contributed by atoms with Crippen LogP contribution in [0.3, 0.4) is 0 Å². The highest BCUT2D eigenvalue weighted by Crippen LogP contribution is 2.23. The largest absolute Gasteiger partial charge is 0.290 e. The van der Waals surface area contributed by atoms with E-state index in [0.717, 1.165) is 11.8 Å². The van der Waals surface area contributed by atoms with Gasteiger partial charge in [-0.2, -0.15) is 0 Å². The molecular weight excluding hydrogens is 253 g/mol. The molecule has 9 heavy (non-hydrogen) atoms. The summed E-state index contributed by atoms with van der Waals surface area (Å²) in [6.07, 6.45) is 0. The highest BCUT2D eigenvalue weighted by Gasteiger charge is 2.24. The van der Waals surface area contributed by atoms with Crippen molar-refractivity contribution in [3.8, 4) is 0 Å². The van der Waals surface area contributed by atoms with Gasteiger partial charge in [-0.05, 0) is 15.8 Å². The second-order valence-corrected chi connectivity index (χ2v) is 2.95. The van der Waals surface area contributed by atoms with Gasteiger partial charge < -0.3 is 0 Å². The molecule has 0 aromatic heterocycles. The molecule has 1 rings (SSSR count). The number of rotatable bonds is 0. The van der Waals surface area contributed by atoms with Crippen LogP contribution in [-0.4, -0.2) is 11.1 Å². The van der Waals surface area contributed by atoms with E-state index in [2.05, 4.69) is 5.32 Å². The number of thioether (sulfide) groups is 1. The third-order valence-corrected chi connectivity index (χ3v) is 2.60. The zero-order valence-electron chi connectivity index (χ0n) is 4.18. The number of carbonyl (C=O) groups excluding carboxylic acids is 2. The number of nitrogens with one attached hydrogen (secondary N) is 1. The Balaban J connectivity index is 2.81. The van der Waals surface area contributed by atoms with Gasteiger partial charge in [0.15, 0.2) is 0 Å². The number of hydrogen-bond donors (Lipinski definition) is 1. The molecule has 1 heterocycles. The predicted molar refractivity (Wildman–Crippen MR) is 43.2 cm³/mol. The molecular formula is C4H2INO2S. The molecule has 2 amide bonds. The van der Waals surface area contributed by atoms with Crippen molar-refractivity contribution in [1.82, 2.24) is 5.32 Å². The minimum atomic E-state index is -0.292. The first-order valence-electron chi connectivity index (χ1n) is 2.07. The molecule has 1 fully saturated rings. The average molecular weight is 255 g/mol. The Morgan fingerprint density at radius 2 is 2.22 bits per heavy atom. The molecule has 0 radical (unpaired) electrons. The lowest BCUT2D eigenvalue weighted by atomic mass is 10.6. The molecule has 0 aromatic rings. The SMILES string of the molecule is O=C1NC(=O)/C(=C\I)S1. The Morgan fingerprint density at radius 1 is 1.56 bits per heavy atom. The van der Waals surface area contributed by atoms with Crippen molar-refractivity contribution in [2.24, 2.45) is 0 Å². The number of hydrogen-bond acceptors (Lipinski definition) is 3. The second kappa shape index (κ2) is 2.70. The van der Waals surface area contributed by atoms with E-state index in [9.17, 15) is 9.59 Å². The number of imide groups is 1. The van der Waals surface area contributed by atoms with Crippen molar-refractivity contribution in [2.75, 3.05) is 0 Å². The minimum absolute atomic E-state index is 0.289. The molecule has 0 atom stereocenters. The summed E-state index contributed by atoms with van der Waals surface area (Å²) in [5.41, 5.74) is 0. The van der Waals surface area contributed by atoms with Crippen molar-refractivity contribution in [1.29, 1.82) is 0 Å². The van der Waals surface area contributed by atoms with E-state index in [1.165, 1.54) is 0 Å². The highest BCUT2D eigenvalue weighted by molar-refractivity contribution is 14.1.